The summed E-state index contributed by atoms with van der Waals surface area (Å²) in [5.74, 6) is -0.857. The highest BCUT2D eigenvalue weighted by Gasteiger charge is 2.22. The number of hydrogen-bond acceptors (Lipinski definition) is 6. The number of thiazole rings is 1. The quantitative estimate of drug-likeness (QED) is 0.860. The summed E-state index contributed by atoms with van der Waals surface area (Å²) in [4.78, 5) is 32.6. The lowest BCUT2D eigenvalue weighted by Crippen LogP contribution is -2.34. The Morgan fingerprint density at radius 2 is 2.14 bits per heavy atom. The molecule has 1 aromatic heterocycles. The van der Waals surface area contributed by atoms with Gasteiger partial charge in [-0.1, -0.05) is 0 Å². The summed E-state index contributed by atoms with van der Waals surface area (Å²) >= 11 is 1.18. The predicted molar refractivity (Wildman–Crippen MR) is 78.4 cm³/mol. The van der Waals surface area contributed by atoms with Crippen LogP contribution in [0.4, 0.5) is 5.13 Å². The molecule has 116 valence electrons. The number of rotatable bonds is 5. The van der Waals surface area contributed by atoms with E-state index in [1.807, 2.05) is 5.06 Å². The maximum absolute atomic E-state index is 12.0. The summed E-state index contributed by atoms with van der Waals surface area (Å²) in [7, 11) is 1.65. The molecule has 21 heavy (non-hydrogen) atoms. The van der Waals surface area contributed by atoms with Crippen LogP contribution in [0, 0.1) is 12.8 Å². The molecule has 0 saturated carbocycles. The van der Waals surface area contributed by atoms with Crippen LogP contribution in [0.1, 0.15) is 34.6 Å². The monoisotopic (exact) mass is 313 g/mol. The van der Waals surface area contributed by atoms with E-state index in [0.29, 0.717) is 22.3 Å². The zero-order valence-electron chi connectivity index (χ0n) is 12.1. The van der Waals surface area contributed by atoms with Gasteiger partial charge in [-0.2, -0.15) is 5.06 Å². The number of aromatic carboxylic acids is 1. The minimum atomic E-state index is -1.07. The highest BCUT2D eigenvalue weighted by Crippen LogP contribution is 2.24. The Balaban J connectivity index is 1.85. The minimum Gasteiger partial charge on any atom is -0.476 e. The number of anilines is 1. The molecule has 2 heterocycles. The molecule has 1 fully saturated rings. The van der Waals surface area contributed by atoms with E-state index in [1.165, 1.54) is 11.3 Å². The first-order valence-electron chi connectivity index (χ1n) is 6.79. The Kier molecular flexibility index (Phi) is 5.27. The second kappa shape index (κ2) is 6.97. The summed E-state index contributed by atoms with van der Waals surface area (Å²) in [6, 6.07) is 0. The van der Waals surface area contributed by atoms with Gasteiger partial charge in [0.15, 0.2) is 10.8 Å². The van der Waals surface area contributed by atoms with Gasteiger partial charge in [0.2, 0.25) is 5.91 Å². The summed E-state index contributed by atoms with van der Waals surface area (Å²) < 4.78 is 0. The topological polar surface area (TPSA) is 91.8 Å². The van der Waals surface area contributed by atoms with Crippen LogP contribution in [0.15, 0.2) is 0 Å². The fraction of sp³-hybridized carbons (Fsp3) is 0.615. The third-order valence-corrected chi connectivity index (χ3v) is 4.44. The number of carbonyl (C=O) groups excluding carboxylic acids is 1. The molecule has 2 rings (SSSR count). The van der Waals surface area contributed by atoms with Crippen molar-refractivity contribution in [3.8, 4) is 0 Å². The molecule has 0 radical (unpaired) electrons. The number of carboxylic acid groups (broad SMARTS) is 1. The summed E-state index contributed by atoms with van der Waals surface area (Å²) in [5.41, 5.74) is 0.00343. The van der Waals surface area contributed by atoms with Gasteiger partial charge in [-0.3, -0.25) is 4.79 Å². The van der Waals surface area contributed by atoms with Gasteiger partial charge in [0.05, 0.1) is 7.11 Å². The van der Waals surface area contributed by atoms with Crippen LogP contribution in [-0.4, -0.2) is 47.2 Å². The highest BCUT2D eigenvalue weighted by molar-refractivity contribution is 7.16. The van der Waals surface area contributed by atoms with E-state index in [-0.39, 0.29) is 11.6 Å². The van der Waals surface area contributed by atoms with Gasteiger partial charge in [-0.25, -0.2) is 9.78 Å². The van der Waals surface area contributed by atoms with E-state index in [2.05, 4.69) is 10.3 Å². The Bertz CT molecular complexity index is 523. The number of carboxylic acids is 1. The SMILES string of the molecule is CON1CCC(CC(=O)Nc2nc(C(=O)O)c(C)s2)CC1. The van der Waals surface area contributed by atoms with Gasteiger partial charge in [0, 0.05) is 24.4 Å². The molecule has 1 saturated heterocycles. The molecule has 0 spiro atoms. The van der Waals surface area contributed by atoms with Crippen molar-refractivity contribution in [3.63, 3.8) is 0 Å². The van der Waals surface area contributed by atoms with Crippen molar-refractivity contribution in [2.45, 2.75) is 26.2 Å². The smallest absolute Gasteiger partial charge is 0.355 e. The number of aromatic nitrogens is 1. The third-order valence-electron chi connectivity index (χ3n) is 3.55. The van der Waals surface area contributed by atoms with E-state index >= 15 is 0 Å². The number of hydrogen-bond donors (Lipinski definition) is 2. The zero-order valence-corrected chi connectivity index (χ0v) is 12.9. The number of carbonyl (C=O) groups is 2. The number of piperidine rings is 1. The number of aryl methyl sites for hydroxylation is 1. The van der Waals surface area contributed by atoms with Crippen LogP contribution in [0.5, 0.6) is 0 Å². The molecule has 0 unspecified atom stereocenters. The van der Waals surface area contributed by atoms with Crippen molar-refractivity contribution in [1.29, 1.82) is 0 Å². The first-order valence-corrected chi connectivity index (χ1v) is 7.61. The predicted octanol–water partition coefficient (Wildman–Crippen LogP) is 1.75. The fourth-order valence-electron chi connectivity index (χ4n) is 2.38. The Morgan fingerprint density at radius 3 is 2.67 bits per heavy atom. The van der Waals surface area contributed by atoms with Crippen LogP contribution in [0.3, 0.4) is 0 Å². The number of hydroxylamine groups is 2. The molecule has 1 aromatic rings. The molecule has 0 atom stereocenters. The Morgan fingerprint density at radius 1 is 1.48 bits per heavy atom. The Labute approximate surface area is 126 Å². The number of nitrogens with one attached hydrogen (secondary N) is 1. The molecule has 0 bridgehead atoms. The molecular formula is C13H19N3O4S. The average molecular weight is 313 g/mol. The van der Waals surface area contributed by atoms with Crippen molar-refractivity contribution in [3.05, 3.63) is 10.6 Å². The highest BCUT2D eigenvalue weighted by atomic mass is 32.1. The normalized spacial score (nSPS) is 16.9. The van der Waals surface area contributed by atoms with Crippen molar-refractivity contribution >= 4 is 28.3 Å². The van der Waals surface area contributed by atoms with Gasteiger partial charge in [-0.15, -0.1) is 11.3 Å². The van der Waals surface area contributed by atoms with Gasteiger partial charge in [0.1, 0.15) is 0 Å². The zero-order chi connectivity index (χ0) is 15.4. The molecule has 0 aliphatic carbocycles. The van der Waals surface area contributed by atoms with Crippen molar-refractivity contribution in [2.75, 3.05) is 25.5 Å². The van der Waals surface area contributed by atoms with E-state index < -0.39 is 5.97 Å². The average Bonchev–Trinajstić information content (AvgIpc) is 2.80. The maximum atomic E-state index is 12.0. The van der Waals surface area contributed by atoms with Crippen LogP contribution < -0.4 is 5.32 Å². The molecule has 1 amide bonds. The Hall–Kier alpha value is -1.51. The number of amides is 1. The van der Waals surface area contributed by atoms with E-state index in [1.54, 1.807) is 14.0 Å². The lowest BCUT2D eigenvalue weighted by molar-refractivity contribution is -0.149. The molecular weight excluding hydrogens is 294 g/mol. The molecule has 1 aliphatic rings. The first kappa shape index (κ1) is 15.9. The molecule has 8 heteroatoms. The molecule has 1 aliphatic heterocycles. The lowest BCUT2D eigenvalue weighted by atomic mass is 9.94. The standard InChI is InChI=1S/C13H19N3O4S/c1-8-11(12(18)19)15-13(21-8)14-10(17)7-9-3-5-16(20-2)6-4-9/h9H,3-7H2,1-2H3,(H,18,19)(H,14,15,17). The summed E-state index contributed by atoms with van der Waals surface area (Å²) in [5, 5.41) is 13.9. The van der Waals surface area contributed by atoms with E-state index in [9.17, 15) is 9.59 Å². The van der Waals surface area contributed by atoms with Crippen LogP contribution in [-0.2, 0) is 9.63 Å². The largest absolute Gasteiger partial charge is 0.476 e. The molecule has 0 aromatic carbocycles. The van der Waals surface area contributed by atoms with Gasteiger partial charge >= 0.3 is 5.97 Å². The van der Waals surface area contributed by atoms with Crippen molar-refractivity contribution < 1.29 is 19.5 Å². The lowest BCUT2D eigenvalue weighted by Gasteiger charge is -2.29. The van der Waals surface area contributed by atoms with Crippen LogP contribution in [0.2, 0.25) is 0 Å². The fourth-order valence-corrected chi connectivity index (χ4v) is 3.20. The maximum Gasteiger partial charge on any atom is 0.355 e. The van der Waals surface area contributed by atoms with E-state index in [4.69, 9.17) is 9.94 Å². The van der Waals surface area contributed by atoms with Crippen molar-refractivity contribution in [1.82, 2.24) is 10.0 Å². The molecule has 2 N–H and O–H groups in total. The van der Waals surface area contributed by atoms with Gasteiger partial charge in [0.25, 0.3) is 0 Å². The third kappa shape index (κ3) is 4.23. The van der Waals surface area contributed by atoms with Crippen LogP contribution in [0.25, 0.3) is 0 Å². The first-order chi connectivity index (χ1) is 9.99. The van der Waals surface area contributed by atoms with Crippen LogP contribution >= 0.6 is 11.3 Å². The van der Waals surface area contributed by atoms with Crippen molar-refractivity contribution in [2.24, 2.45) is 5.92 Å². The minimum absolute atomic E-state index is 0.00343. The second-order valence-corrected chi connectivity index (χ2v) is 6.24. The second-order valence-electron chi connectivity index (χ2n) is 5.04. The summed E-state index contributed by atoms with van der Waals surface area (Å²) in [6.45, 7) is 3.33. The van der Waals surface area contributed by atoms with Gasteiger partial charge in [-0.05, 0) is 25.7 Å². The molecule has 7 nitrogen and oxygen atoms in total. The van der Waals surface area contributed by atoms with E-state index in [0.717, 1.165) is 25.9 Å². The number of nitrogens with zero attached hydrogens (tertiary/aromatic N) is 2. The summed E-state index contributed by atoms with van der Waals surface area (Å²) in [6.07, 6.45) is 2.26. The van der Waals surface area contributed by atoms with Gasteiger partial charge < -0.3 is 15.3 Å².